The van der Waals surface area contributed by atoms with Crippen molar-refractivity contribution in [3.63, 3.8) is 0 Å². The number of nitrogens with one attached hydrogen (secondary N) is 1. The van der Waals surface area contributed by atoms with Crippen LogP contribution in [0.5, 0.6) is 5.75 Å². The molecule has 2 aliphatic carbocycles. The van der Waals surface area contributed by atoms with E-state index in [1.165, 1.54) is 19.3 Å². The van der Waals surface area contributed by atoms with Gasteiger partial charge in [0.15, 0.2) is 0 Å². The summed E-state index contributed by atoms with van der Waals surface area (Å²) in [5, 5.41) is 13.5. The maximum absolute atomic E-state index is 9.83. The van der Waals surface area contributed by atoms with E-state index in [1.54, 1.807) is 0 Å². The monoisotopic (exact) mass is 259 g/mol. The molecule has 0 aliphatic heterocycles. The Morgan fingerprint density at radius 3 is 2.53 bits per heavy atom. The lowest BCUT2D eigenvalue weighted by atomic mass is 9.69. The Bertz CT molecular complexity index is 508. The van der Waals surface area contributed by atoms with Crippen molar-refractivity contribution in [2.24, 2.45) is 16.7 Å². The van der Waals surface area contributed by atoms with E-state index in [4.69, 9.17) is 0 Å². The number of rotatable bonds is 2. The molecule has 2 nitrogen and oxygen atoms in total. The Morgan fingerprint density at radius 1 is 1.26 bits per heavy atom. The van der Waals surface area contributed by atoms with Gasteiger partial charge in [-0.05, 0) is 54.6 Å². The Kier molecular flexibility index (Phi) is 2.64. The zero-order valence-corrected chi connectivity index (χ0v) is 12.5. The van der Waals surface area contributed by atoms with E-state index in [2.05, 4.69) is 32.2 Å². The molecule has 1 aromatic rings. The maximum Gasteiger partial charge on any atom is 0.120 e. The SMILES string of the molecule is Cc1ccc(NC2CC3CCC2(C)C3(C)C)cc1O. The van der Waals surface area contributed by atoms with Crippen LogP contribution >= 0.6 is 0 Å². The van der Waals surface area contributed by atoms with Crippen molar-refractivity contribution in [3.05, 3.63) is 23.8 Å². The average molecular weight is 259 g/mol. The summed E-state index contributed by atoms with van der Waals surface area (Å²) < 4.78 is 0. The highest BCUT2D eigenvalue weighted by molar-refractivity contribution is 5.52. The van der Waals surface area contributed by atoms with Gasteiger partial charge in [0.25, 0.3) is 0 Å². The van der Waals surface area contributed by atoms with Crippen molar-refractivity contribution < 1.29 is 5.11 Å². The largest absolute Gasteiger partial charge is 0.508 e. The third kappa shape index (κ3) is 1.69. The summed E-state index contributed by atoms with van der Waals surface area (Å²) in [6.45, 7) is 9.23. The topological polar surface area (TPSA) is 32.3 Å². The van der Waals surface area contributed by atoms with Crippen LogP contribution in [0, 0.1) is 23.7 Å². The smallest absolute Gasteiger partial charge is 0.120 e. The van der Waals surface area contributed by atoms with Gasteiger partial charge in [0.05, 0.1) is 0 Å². The molecule has 2 N–H and O–H groups in total. The number of fused-ring (bicyclic) bond motifs is 2. The van der Waals surface area contributed by atoms with Crippen LogP contribution in [-0.4, -0.2) is 11.1 Å². The van der Waals surface area contributed by atoms with E-state index in [9.17, 15) is 5.11 Å². The fourth-order valence-electron chi connectivity index (χ4n) is 4.32. The fourth-order valence-corrected chi connectivity index (χ4v) is 4.32. The Balaban J connectivity index is 1.84. The first-order valence-corrected chi connectivity index (χ1v) is 7.41. The zero-order chi connectivity index (χ0) is 13.8. The highest BCUT2D eigenvalue weighted by atomic mass is 16.3. The first-order valence-electron chi connectivity index (χ1n) is 7.41. The molecule has 2 aliphatic rings. The van der Waals surface area contributed by atoms with Crippen LogP contribution in [0.1, 0.15) is 45.6 Å². The molecule has 2 fully saturated rings. The Hall–Kier alpha value is -1.18. The quantitative estimate of drug-likeness (QED) is 0.828. The van der Waals surface area contributed by atoms with Crippen LogP contribution in [0.4, 0.5) is 5.69 Å². The summed E-state index contributed by atoms with van der Waals surface area (Å²) in [6.07, 6.45) is 3.96. The van der Waals surface area contributed by atoms with Gasteiger partial charge in [0.1, 0.15) is 5.75 Å². The van der Waals surface area contributed by atoms with E-state index in [0.29, 0.717) is 22.6 Å². The van der Waals surface area contributed by atoms with Gasteiger partial charge in [-0.15, -0.1) is 0 Å². The molecular formula is C17H25NO. The summed E-state index contributed by atoms with van der Waals surface area (Å²) in [5.74, 6) is 1.23. The van der Waals surface area contributed by atoms with Crippen LogP contribution in [-0.2, 0) is 0 Å². The lowest BCUT2D eigenvalue weighted by molar-refractivity contribution is 0.142. The first kappa shape index (κ1) is 12.8. The molecule has 104 valence electrons. The standard InChI is InChI=1S/C17H25NO/c1-11-5-6-13(10-14(11)19)18-15-9-12-7-8-17(15,4)16(12,2)3/h5-6,10,12,15,18-19H,7-9H2,1-4H3. The molecule has 0 amide bonds. The van der Waals surface area contributed by atoms with Crippen LogP contribution < -0.4 is 5.32 Å². The Morgan fingerprint density at radius 2 is 2.00 bits per heavy atom. The first-order chi connectivity index (χ1) is 8.84. The molecule has 2 saturated carbocycles. The molecule has 1 aromatic carbocycles. The fraction of sp³-hybridized carbons (Fsp3) is 0.647. The van der Waals surface area contributed by atoms with Crippen molar-refractivity contribution >= 4 is 5.69 Å². The summed E-state index contributed by atoms with van der Waals surface area (Å²) in [6, 6.07) is 6.45. The minimum absolute atomic E-state index is 0.373. The number of phenolic OH excluding ortho intramolecular Hbond substituents is 1. The highest BCUT2D eigenvalue weighted by Gasteiger charge is 2.61. The number of anilines is 1. The van der Waals surface area contributed by atoms with E-state index >= 15 is 0 Å². The number of hydrogen-bond donors (Lipinski definition) is 2. The van der Waals surface area contributed by atoms with E-state index in [0.717, 1.165) is 17.2 Å². The van der Waals surface area contributed by atoms with Gasteiger partial charge in [0.2, 0.25) is 0 Å². The number of phenols is 1. The van der Waals surface area contributed by atoms with Crippen molar-refractivity contribution in [3.8, 4) is 5.75 Å². The van der Waals surface area contributed by atoms with Gasteiger partial charge in [-0.2, -0.15) is 0 Å². The van der Waals surface area contributed by atoms with Crippen LogP contribution in [0.15, 0.2) is 18.2 Å². The second kappa shape index (κ2) is 3.91. The van der Waals surface area contributed by atoms with Gasteiger partial charge in [0, 0.05) is 17.8 Å². The molecule has 0 spiro atoms. The molecule has 3 atom stereocenters. The molecule has 2 bridgehead atoms. The third-order valence-electron chi connectivity index (χ3n) is 6.34. The van der Waals surface area contributed by atoms with Crippen LogP contribution in [0.2, 0.25) is 0 Å². The zero-order valence-electron chi connectivity index (χ0n) is 12.5. The minimum Gasteiger partial charge on any atom is -0.508 e. The maximum atomic E-state index is 9.83. The minimum atomic E-state index is 0.373. The average Bonchev–Trinajstić information content (AvgIpc) is 2.67. The predicted molar refractivity (Wildman–Crippen MR) is 79.5 cm³/mol. The third-order valence-corrected chi connectivity index (χ3v) is 6.34. The van der Waals surface area contributed by atoms with Crippen LogP contribution in [0.25, 0.3) is 0 Å². The molecule has 0 saturated heterocycles. The molecular weight excluding hydrogens is 234 g/mol. The van der Waals surface area contributed by atoms with Crippen molar-refractivity contribution in [2.45, 2.75) is 53.0 Å². The summed E-state index contributed by atoms with van der Waals surface area (Å²) >= 11 is 0. The van der Waals surface area contributed by atoms with Gasteiger partial charge in [-0.25, -0.2) is 0 Å². The summed E-state index contributed by atoms with van der Waals surface area (Å²) in [5.41, 5.74) is 2.79. The van der Waals surface area contributed by atoms with Crippen molar-refractivity contribution in [2.75, 3.05) is 5.32 Å². The van der Waals surface area contributed by atoms with Gasteiger partial charge >= 0.3 is 0 Å². The molecule has 3 unspecified atom stereocenters. The number of aromatic hydroxyl groups is 1. The molecule has 0 aromatic heterocycles. The van der Waals surface area contributed by atoms with E-state index in [1.807, 2.05) is 19.1 Å². The summed E-state index contributed by atoms with van der Waals surface area (Å²) in [4.78, 5) is 0. The molecule has 0 radical (unpaired) electrons. The summed E-state index contributed by atoms with van der Waals surface area (Å²) in [7, 11) is 0. The second-order valence-corrected chi connectivity index (χ2v) is 7.31. The number of benzene rings is 1. The number of hydrogen-bond acceptors (Lipinski definition) is 2. The Labute approximate surface area is 116 Å². The lowest BCUT2D eigenvalue weighted by Crippen LogP contribution is -2.40. The highest BCUT2D eigenvalue weighted by Crippen LogP contribution is 2.65. The van der Waals surface area contributed by atoms with E-state index < -0.39 is 0 Å². The molecule has 3 rings (SSSR count). The number of aryl methyl sites for hydroxylation is 1. The van der Waals surface area contributed by atoms with Crippen molar-refractivity contribution in [1.82, 2.24) is 0 Å². The lowest BCUT2D eigenvalue weighted by Gasteiger charge is -2.40. The van der Waals surface area contributed by atoms with Crippen LogP contribution in [0.3, 0.4) is 0 Å². The molecule has 19 heavy (non-hydrogen) atoms. The molecule has 2 heteroatoms. The van der Waals surface area contributed by atoms with E-state index in [-0.39, 0.29) is 0 Å². The second-order valence-electron chi connectivity index (χ2n) is 7.31. The van der Waals surface area contributed by atoms with Gasteiger partial charge in [-0.3, -0.25) is 0 Å². The van der Waals surface area contributed by atoms with Gasteiger partial charge in [-0.1, -0.05) is 26.8 Å². The predicted octanol–water partition coefficient (Wildman–Crippen LogP) is 4.33. The van der Waals surface area contributed by atoms with Gasteiger partial charge < -0.3 is 10.4 Å². The molecule has 0 heterocycles. The van der Waals surface area contributed by atoms with Crippen molar-refractivity contribution in [1.29, 1.82) is 0 Å². The normalized spacial score (nSPS) is 35.6.